The molecule has 0 aromatic heterocycles. The van der Waals surface area contributed by atoms with Crippen LogP contribution < -0.4 is 0 Å². The Hall–Kier alpha value is -1.08. The molecule has 0 aromatic rings. The first kappa shape index (κ1) is 17.9. The van der Waals surface area contributed by atoms with Gasteiger partial charge >= 0.3 is 0 Å². The molecule has 0 aromatic carbocycles. The minimum atomic E-state index is 0. The molecule has 1 N–H and O–H groups in total. The fourth-order valence-corrected chi connectivity index (χ4v) is 1.17. The molecule has 0 saturated carbocycles. The first-order chi connectivity index (χ1) is 5.79. The molecular formula is C10H25EsN2-. The zero-order valence-corrected chi connectivity index (χ0v) is 12.2. The van der Waals surface area contributed by atoms with Gasteiger partial charge in [0, 0.05) is 0 Å². The van der Waals surface area contributed by atoms with Crippen LogP contribution in [-0.4, -0.2) is 31.1 Å². The van der Waals surface area contributed by atoms with E-state index in [0.29, 0.717) is 0 Å². The summed E-state index contributed by atoms with van der Waals surface area (Å²) >= 11 is 0. The molecule has 0 spiro atoms. The van der Waals surface area contributed by atoms with E-state index in [1.807, 2.05) is 27.7 Å². The van der Waals surface area contributed by atoms with Crippen LogP contribution in [0, 0.1) is 0 Å². The maximum absolute atomic E-state index is 7.36. The zero-order valence-electron chi connectivity index (χ0n) is 9.65. The molecule has 0 aliphatic carbocycles. The van der Waals surface area contributed by atoms with Gasteiger partial charge in [-0.3, -0.25) is 0 Å². The van der Waals surface area contributed by atoms with Crippen LogP contribution in [0.3, 0.4) is 0 Å². The minimum absolute atomic E-state index is 0. The molecular weight excluding hydrogens is 400 g/mol. The van der Waals surface area contributed by atoms with Crippen LogP contribution in [0.25, 0.3) is 5.73 Å². The molecule has 1 atom stereocenters. The molecule has 1 fully saturated rings. The second-order valence-corrected chi connectivity index (χ2v) is 2.60. The van der Waals surface area contributed by atoms with Crippen LogP contribution in [0.5, 0.6) is 0 Å². The fourth-order valence-electron chi connectivity index (χ4n) is 1.17. The Labute approximate surface area is 78.1 Å². The molecule has 1 aliphatic heterocycles. The molecule has 1 rings (SSSR count). The van der Waals surface area contributed by atoms with E-state index in [2.05, 4.69) is 11.9 Å². The van der Waals surface area contributed by atoms with Crippen molar-refractivity contribution in [2.45, 2.75) is 46.6 Å². The van der Waals surface area contributed by atoms with Crippen molar-refractivity contribution in [2.24, 2.45) is 0 Å². The number of likely N-dealkylation sites (N-methyl/N-ethyl adjacent to an activating group) is 1. The van der Waals surface area contributed by atoms with E-state index < -0.39 is 0 Å². The third kappa shape index (κ3) is 10.9. The van der Waals surface area contributed by atoms with Crippen LogP contribution in [-0.2, 0) is 0 Å². The molecule has 1 aliphatic rings. The molecule has 1 radical (unpaired) electrons. The van der Waals surface area contributed by atoms with Gasteiger partial charge in [0.05, 0.1) is 0 Å². The average Bonchev–Trinajstić information content (AvgIpc) is 2.11. The fraction of sp³-hybridized carbons (Fsp3) is 1.00. The first-order valence-corrected chi connectivity index (χ1v) is 5.18. The second kappa shape index (κ2) is 13.5. The summed E-state index contributed by atoms with van der Waals surface area (Å²) in [4.78, 5) is 2.22. The smallest absolute Gasteiger partial charge is 0 e. The van der Waals surface area contributed by atoms with Crippen molar-refractivity contribution in [1.29, 1.82) is 0 Å². The van der Waals surface area contributed by atoms with Gasteiger partial charge in [0.1, 0.15) is 0 Å². The normalized spacial score (nSPS) is 21.2. The largest absolute Gasteiger partial charge is 0.674 e. The van der Waals surface area contributed by atoms with Gasteiger partial charge in [-0.05, 0) is 26.6 Å². The van der Waals surface area contributed by atoms with Gasteiger partial charge < -0.3 is 10.6 Å². The number of nitrogens with zero attached hydrogens (tertiary/aromatic N) is 1. The van der Waals surface area contributed by atoms with Crippen molar-refractivity contribution in [2.75, 3.05) is 20.1 Å². The number of piperidine rings is 1. The van der Waals surface area contributed by atoms with Crippen molar-refractivity contribution in [1.82, 2.24) is 4.90 Å². The third-order valence-corrected chi connectivity index (χ3v) is 1.62. The molecule has 87 valence electrons. The Bertz CT molecular complexity index is 71.3. The molecule has 1 saturated heterocycles. The number of likely N-dealkylation sites (tertiary alicyclic amines) is 1. The maximum Gasteiger partial charge on any atom is 0 e. The van der Waals surface area contributed by atoms with Crippen molar-refractivity contribution in [3.63, 3.8) is 0 Å². The zero-order chi connectivity index (χ0) is 9.98. The summed E-state index contributed by atoms with van der Waals surface area (Å²) in [6.07, 6.45) is 2.31. The average molecular weight is 425 g/mol. The third-order valence-electron chi connectivity index (χ3n) is 1.62. The molecule has 13 heavy (non-hydrogen) atoms. The minimum Gasteiger partial charge on any atom is -0.674 e. The summed E-state index contributed by atoms with van der Waals surface area (Å²) in [6.45, 7) is 10.2. The first-order valence-electron chi connectivity index (χ1n) is 5.18. The Kier molecular flexibility index (Phi) is 18.6. The predicted octanol–water partition coefficient (Wildman–Crippen LogP) is 3.19. The van der Waals surface area contributed by atoms with E-state index in [4.69, 9.17) is 5.73 Å². The van der Waals surface area contributed by atoms with Crippen LogP contribution >= 0.6 is 0 Å². The topological polar surface area (TPSA) is 27.0 Å². The van der Waals surface area contributed by atoms with Crippen LogP contribution in [0.4, 0.5) is 0 Å². The molecule has 2 nitrogen and oxygen atoms in total. The van der Waals surface area contributed by atoms with Gasteiger partial charge in [-0.1, -0.05) is 34.1 Å². The molecule has 3 heteroatoms. The Morgan fingerprint density at radius 3 is 1.85 bits per heavy atom. The van der Waals surface area contributed by atoms with E-state index in [1.54, 1.807) is 0 Å². The van der Waals surface area contributed by atoms with E-state index in [0.717, 1.165) is 13.0 Å². The Morgan fingerprint density at radius 2 is 1.62 bits per heavy atom. The van der Waals surface area contributed by atoms with E-state index in [-0.39, 0.29) is 6.04 Å². The number of nitrogens with one attached hydrogen (secondary N) is 1. The van der Waals surface area contributed by atoms with Gasteiger partial charge in [-0.25, -0.2) is 0 Å². The second-order valence-electron chi connectivity index (χ2n) is 2.60. The predicted molar refractivity (Wildman–Crippen MR) is 57.5 cm³/mol. The number of hydrogen-bond donors (Lipinski definition) is 0. The summed E-state index contributed by atoms with van der Waals surface area (Å²) in [5, 5.41) is 0. The van der Waals surface area contributed by atoms with Crippen LogP contribution in [0.15, 0.2) is 0 Å². The molecule has 0 amide bonds. The quantitative estimate of drug-likeness (QED) is 0.586. The summed E-state index contributed by atoms with van der Waals surface area (Å²) in [7, 11) is 2.08. The Morgan fingerprint density at radius 1 is 1.15 bits per heavy atom. The van der Waals surface area contributed by atoms with E-state index in [9.17, 15) is 0 Å². The van der Waals surface area contributed by atoms with Gasteiger partial charge in [0.15, 0.2) is 0 Å². The van der Waals surface area contributed by atoms with Crippen molar-refractivity contribution >= 4 is 0 Å². The molecule has 1 unspecified atom stereocenters. The summed E-state index contributed by atoms with van der Waals surface area (Å²) in [5.74, 6) is 0. The Balaban J connectivity index is -0.000000178. The standard InChI is InChI=1S/C6H13N2.2C2H6.Es/c1-8-4-2-3-6(7)5-8;2*1-2;/h6-7H,2-5H2,1H3;2*1-2H3;/q-1;;;. The molecule has 1 heterocycles. The van der Waals surface area contributed by atoms with E-state index in [1.165, 1.54) is 13.0 Å². The van der Waals surface area contributed by atoms with E-state index >= 15 is 0 Å². The van der Waals surface area contributed by atoms with Gasteiger partial charge in [-0.2, -0.15) is 0 Å². The van der Waals surface area contributed by atoms with Crippen molar-refractivity contribution in [3.05, 3.63) is 5.73 Å². The monoisotopic (exact) mass is 425 g/mol. The summed E-state index contributed by atoms with van der Waals surface area (Å²) < 4.78 is 0. The summed E-state index contributed by atoms with van der Waals surface area (Å²) in [6, 6.07) is 0.189. The van der Waals surface area contributed by atoms with Crippen molar-refractivity contribution in [3.8, 4) is 0 Å². The van der Waals surface area contributed by atoms with Crippen LogP contribution in [0.2, 0.25) is 0 Å². The van der Waals surface area contributed by atoms with Gasteiger partial charge in [0.2, 0.25) is 0 Å². The number of rotatable bonds is 0. The van der Waals surface area contributed by atoms with Crippen LogP contribution in [0.1, 0.15) is 40.5 Å². The van der Waals surface area contributed by atoms with Crippen molar-refractivity contribution < 1.29 is 0 Å². The molecule has 0 bridgehead atoms. The number of hydrogen-bond acceptors (Lipinski definition) is 1. The SMILES string of the molecule is CC.CC.CN1CCCC([NH-])C1.[Es]. The summed E-state index contributed by atoms with van der Waals surface area (Å²) in [5.41, 5.74) is 7.36. The van der Waals surface area contributed by atoms with Gasteiger partial charge in [-0.15, -0.1) is 6.04 Å². The van der Waals surface area contributed by atoms with Gasteiger partial charge in [0.25, 0.3) is 0 Å². The maximum atomic E-state index is 7.36.